The number of benzene rings is 1. The van der Waals surface area contributed by atoms with Crippen molar-refractivity contribution in [2.75, 3.05) is 31.2 Å². The van der Waals surface area contributed by atoms with E-state index in [1.54, 1.807) is 11.8 Å². The van der Waals surface area contributed by atoms with Gasteiger partial charge in [-0.05, 0) is 25.0 Å². The molecule has 3 heterocycles. The lowest BCUT2D eigenvalue weighted by Crippen LogP contribution is -2.69. The molecular formula is C19H23F3N4O3. The van der Waals surface area contributed by atoms with E-state index in [-0.39, 0.29) is 18.4 Å². The predicted octanol–water partition coefficient (Wildman–Crippen LogP) is 0.674. The highest BCUT2D eigenvalue weighted by Gasteiger charge is 2.42. The van der Waals surface area contributed by atoms with Gasteiger partial charge < -0.3 is 15.0 Å². The zero-order valence-corrected chi connectivity index (χ0v) is 16.0. The zero-order valence-electron chi connectivity index (χ0n) is 16.0. The fourth-order valence-corrected chi connectivity index (χ4v) is 4.25. The highest BCUT2D eigenvalue weighted by atomic mass is 19.2. The van der Waals surface area contributed by atoms with Gasteiger partial charge in [-0.1, -0.05) is 0 Å². The molecule has 3 aliphatic rings. The van der Waals surface area contributed by atoms with E-state index in [0.717, 1.165) is 12.1 Å². The molecule has 158 valence electrons. The van der Waals surface area contributed by atoms with Crippen LogP contribution in [0.4, 0.5) is 18.9 Å². The number of anilines is 1. The smallest absolute Gasteiger partial charge is 0.258 e. The predicted molar refractivity (Wildman–Crippen MR) is 97.8 cm³/mol. The molecule has 3 aliphatic heterocycles. The molecule has 0 radical (unpaired) electrons. The lowest BCUT2D eigenvalue weighted by Gasteiger charge is -2.41. The van der Waals surface area contributed by atoms with Gasteiger partial charge in [-0.3, -0.25) is 19.8 Å². The van der Waals surface area contributed by atoms with Crippen molar-refractivity contribution in [3.8, 4) is 0 Å². The Balaban J connectivity index is 1.48. The van der Waals surface area contributed by atoms with Gasteiger partial charge in [-0.2, -0.15) is 0 Å². The fourth-order valence-electron chi connectivity index (χ4n) is 4.25. The molecule has 0 aliphatic carbocycles. The molecule has 1 aromatic carbocycles. The molecule has 0 aromatic heterocycles. The van der Waals surface area contributed by atoms with Crippen LogP contribution in [-0.2, 0) is 20.7 Å². The Kier molecular flexibility index (Phi) is 5.50. The first-order valence-electron chi connectivity index (χ1n) is 9.67. The number of carbonyl (C=O) groups is 2. The van der Waals surface area contributed by atoms with Crippen LogP contribution in [0.15, 0.2) is 12.1 Å². The van der Waals surface area contributed by atoms with Crippen molar-refractivity contribution in [3.63, 3.8) is 0 Å². The minimum absolute atomic E-state index is 0.137. The summed E-state index contributed by atoms with van der Waals surface area (Å²) in [4.78, 5) is 28.3. The lowest BCUT2D eigenvalue weighted by atomic mass is 10.1. The second kappa shape index (κ2) is 7.92. The summed E-state index contributed by atoms with van der Waals surface area (Å²) in [7, 11) is 0. The lowest BCUT2D eigenvalue weighted by molar-refractivity contribution is -0.137. The van der Waals surface area contributed by atoms with Gasteiger partial charge in [0, 0.05) is 25.2 Å². The molecule has 10 heteroatoms. The third-order valence-corrected chi connectivity index (χ3v) is 5.64. The average molecular weight is 412 g/mol. The second-order valence-corrected chi connectivity index (χ2v) is 7.64. The summed E-state index contributed by atoms with van der Waals surface area (Å²) in [5, 5.41) is 5.48. The van der Waals surface area contributed by atoms with E-state index in [2.05, 4.69) is 10.6 Å². The molecule has 2 N–H and O–H groups in total. The van der Waals surface area contributed by atoms with Gasteiger partial charge in [0.05, 0.1) is 31.5 Å². The maximum Gasteiger partial charge on any atom is 0.258 e. The van der Waals surface area contributed by atoms with E-state index in [1.165, 1.54) is 4.90 Å². The van der Waals surface area contributed by atoms with Gasteiger partial charge in [0.2, 0.25) is 12.1 Å². The van der Waals surface area contributed by atoms with Crippen LogP contribution in [-0.4, -0.2) is 67.6 Å². The normalized spacial score (nSPS) is 30.2. The van der Waals surface area contributed by atoms with E-state index in [9.17, 15) is 22.8 Å². The van der Waals surface area contributed by atoms with Crippen LogP contribution in [0.2, 0.25) is 0 Å². The van der Waals surface area contributed by atoms with Crippen molar-refractivity contribution in [1.82, 2.24) is 15.5 Å². The van der Waals surface area contributed by atoms with Crippen molar-refractivity contribution in [3.05, 3.63) is 29.3 Å². The summed E-state index contributed by atoms with van der Waals surface area (Å²) in [5.41, 5.74) is 0.886. The summed E-state index contributed by atoms with van der Waals surface area (Å²) in [6.07, 6.45) is -3.10. The first-order chi connectivity index (χ1) is 13.8. The molecule has 0 spiro atoms. The first-order valence-corrected chi connectivity index (χ1v) is 9.67. The molecular weight excluding hydrogens is 389 g/mol. The van der Waals surface area contributed by atoms with Gasteiger partial charge in [-0.15, -0.1) is 0 Å². The summed E-state index contributed by atoms with van der Waals surface area (Å²) < 4.78 is 46.9. The molecule has 2 saturated heterocycles. The number of nitrogens with one attached hydrogen (secondary N) is 2. The summed E-state index contributed by atoms with van der Waals surface area (Å²) in [6, 6.07) is 1.85. The Hall–Kier alpha value is -2.17. The van der Waals surface area contributed by atoms with Crippen molar-refractivity contribution >= 4 is 17.5 Å². The molecule has 29 heavy (non-hydrogen) atoms. The Bertz CT molecular complexity index is 818. The largest absolute Gasteiger partial charge is 0.379 e. The average Bonchev–Trinajstić information content (AvgIpc) is 3.00. The standard InChI is InChI=1S/C19H23F3N4O3/c1-10-6-11-7-12(20)13(21)8-14(11)26(10)16(27)9-15-23-18(17(22)19(28)24-15)25-2-4-29-5-3-25/h7-8,10,15,17-18,23H,2-6,9H2,1H3,(H,24,28). The van der Waals surface area contributed by atoms with Crippen LogP contribution >= 0.6 is 0 Å². The Labute approximate surface area is 166 Å². The number of rotatable bonds is 3. The second-order valence-electron chi connectivity index (χ2n) is 7.64. The highest BCUT2D eigenvalue weighted by molar-refractivity contribution is 5.97. The maximum atomic E-state index is 14.4. The number of nitrogens with zero attached hydrogens (tertiary/aromatic N) is 2. The Morgan fingerprint density at radius 2 is 1.93 bits per heavy atom. The number of alkyl halides is 1. The van der Waals surface area contributed by atoms with Gasteiger partial charge in [0.25, 0.3) is 5.91 Å². The highest BCUT2D eigenvalue weighted by Crippen LogP contribution is 2.34. The summed E-state index contributed by atoms with van der Waals surface area (Å²) in [6.45, 7) is 3.64. The number of hydrogen-bond acceptors (Lipinski definition) is 5. The quantitative estimate of drug-likeness (QED) is 0.764. The molecule has 1 aromatic rings. The van der Waals surface area contributed by atoms with Crippen LogP contribution in [0, 0.1) is 11.6 Å². The van der Waals surface area contributed by atoms with Gasteiger partial charge >= 0.3 is 0 Å². The topological polar surface area (TPSA) is 73.9 Å². The van der Waals surface area contributed by atoms with Crippen molar-refractivity contribution in [1.29, 1.82) is 0 Å². The zero-order chi connectivity index (χ0) is 20.7. The minimum atomic E-state index is -1.76. The minimum Gasteiger partial charge on any atom is -0.379 e. The van der Waals surface area contributed by atoms with Crippen LogP contribution < -0.4 is 15.5 Å². The molecule has 0 bridgehead atoms. The van der Waals surface area contributed by atoms with E-state index in [4.69, 9.17) is 4.74 Å². The van der Waals surface area contributed by atoms with Crippen LogP contribution in [0.1, 0.15) is 18.9 Å². The van der Waals surface area contributed by atoms with Gasteiger partial charge in [0.15, 0.2) is 11.6 Å². The van der Waals surface area contributed by atoms with Gasteiger partial charge in [0.1, 0.15) is 6.17 Å². The van der Waals surface area contributed by atoms with Crippen molar-refractivity contribution in [2.45, 2.75) is 44.3 Å². The van der Waals surface area contributed by atoms with E-state index < -0.39 is 36.0 Å². The third-order valence-electron chi connectivity index (χ3n) is 5.64. The third kappa shape index (κ3) is 3.84. The molecule has 2 fully saturated rings. The number of amides is 2. The Morgan fingerprint density at radius 1 is 1.24 bits per heavy atom. The molecule has 4 unspecified atom stereocenters. The van der Waals surface area contributed by atoms with Gasteiger partial charge in [-0.25, -0.2) is 13.2 Å². The first kappa shape index (κ1) is 20.1. The molecule has 4 atom stereocenters. The van der Waals surface area contributed by atoms with Crippen LogP contribution in [0.3, 0.4) is 0 Å². The number of fused-ring (bicyclic) bond motifs is 1. The maximum absolute atomic E-state index is 14.4. The van der Waals surface area contributed by atoms with Crippen molar-refractivity contribution < 1.29 is 27.5 Å². The van der Waals surface area contributed by atoms with E-state index in [1.807, 2.05) is 0 Å². The molecule has 2 amide bonds. The number of halogens is 3. The fraction of sp³-hybridized carbons (Fsp3) is 0.579. The number of hydrogen-bond donors (Lipinski definition) is 2. The monoisotopic (exact) mass is 412 g/mol. The van der Waals surface area contributed by atoms with Crippen LogP contribution in [0.25, 0.3) is 0 Å². The summed E-state index contributed by atoms with van der Waals surface area (Å²) >= 11 is 0. The molecule has 0 saturated carbocycles. The molecule has 7 nitrogen and oxygen atoms in total. The number of ether oxygens (including phenoxy) is 1. The SMILES string of the molecule is CC1Cc2cc(F)c(F)cc2N1C(=O)CC1NC(=O)C(F)C(N2CCOCC2)N1. The Morgan fingerprint density at radius 3 is 2.66 bits per heavy atom. The van der Waals surface area contributed by atoms with Crippen LogP contribution in [0.5, 0.6) is 0 Å². The number of carbonyl (C=O) groups excluding carboxylic acids is 2. The van der Waals surface area contributed by atoms with E-state index in [0.29, 0.717) is 44.0 Å². The number of morpholine rings is 1. The van der Waals surface area contributed by atoms with E-state index >= 15 is 0 Å². The van der Waals surface area contributed by atoms with Crippen molar-refractivity contribution in [2.24, 2.45) is 0 Å². The molecule has 4 rings (SSSR count). The summed E-state index contributed by atoms with van der Waals surface area (Å²) in [5.74, 6) is -3.11.